The van der Waals surface area contributed by atoms with E-state index in [1.165, 1.54) is 72.3 Å². The molecule has 262 valence electrons. The van der Waals surface area contributed by atoms with Gasteiger partial charge in [0, 0.05) is 0 Å². The van der Waals surface area contributed by atoms with Crippen LogP contribution < -0.4 is 0 Å². The van der Waals surface area contributed by atoms with E-state index in [0.717, 1.165) is 12.8 Å². The van der Waals surface area contributed by atoms with Gasteiger partial charge in [0.1, 0.15) is 0 Å². The molecule has 4 aromatic carbocycles. The quantitative estimate of drug-likeness (QED) is 0.158. The predicted molar refractivity (Wildman–Crippen MR) is 222 cm³/mol. The van der Waals surface area contributed by atoms with Gasteiger partial charge in [0.2, 0.25) is 0 Å². The van der Waals surface area contributed by atoms with E-state index in [1.54, 1.807) is 23.6 Å². The van der Waals surface area contributed by atoms with Crippen LogP contribution in [-0.4, -0.2) is 4.11 Å². The molecule has 4 aromatic rings. The summed E-state index contributed by atoms with van der Waals surface area (Å²) in [5.41, 5.74) is 22.0. The normalized spacial score (nSPS) is 19.0. The average Bonchev–Trinajstić information content (AvgIpc) is 3.79. The third kappa shape index (κ3) is 5.52. The first kappa shape index (κ1) is 35.4. The van der Waals surface area contributed by atoms with Gasteiger partial charge in [0.15, 0.2) is 0 Å². The third-order valence-electron chi connectivity index (χ3n) is 13.6. The van der Waals surface area contributed by atoms with Crippen molar-refractivity contribution in [3.8, 4) is 11.1 Å². The SMILES string of the molecule is CCC1C=C(C(C)(C)C)C=[C]1[Zn]([C]1=C(C)c2cc3c(cc2C1(C)C)Cc1cc2c(cc1-3)C(C)=CC2(C)C)=[C](c1ccc(C)cc1)c1ccc(C)cc1. The fraction of sp³-hybridized carbons (Fsp3) is 0.353. The molecule has 52 heavy (non-hydrogen) atoms. The number of benzene rings is 4. The van der Waals surface area contributed by atoms with Crippen molar-refractivity contribution in [3.63, 3.8) is 0 Å². The molecule has 0 aliphatic heterocycles. The Morgan fingerprint density at radius 3 is 1.79 bits per heavy atom. The van der Waals surface area contributed by atoms with Crippen LogP contribution in [0.4, 0.5) is 0 Å². The van der Waals surface area contributed by atoms with Gasteiger partial charge >= 0.3 is 321 Å². The van der Waals surface area contributed by atoms with Gasteiger partial charge < -0.3 is 0 Å². The summed E-state index contributed by atoms with van der Waals surface area (Å²) in [5.74, 6) is 0.486. The van der Waals surface area contributed by atoms with Gasteiger partial charge in [-0.05, 0) is 0 Å². The van der Waals surface area contributed by atoms with E-state index in [1.807, 2.05) is 0 Å². The van der Waals surface area contributed by atoms with Gasteiger partial charge in [0.05, 0.1) is 0 Å². The van der Waals surface area contributed by atoms with Crippen molar-refractivity contribution in [3.05, 3.63) is 161 Å². The van der Waals surface area contributed by atoms with E-state index in [2.05, 4.69) is 174 Å². The maximum atomic E-state index is 2.70. The van der Waals surface area contributed by atoms with Crippen molar-refractivity contribution < 1.29 is 15.5 Å². The molecule has 0 heterocycles. The zero-order valence-corrected chi connectivity index (χ0v) is 36.8. The second-order valence-corrected chi connectivity index (χ2v) is 25.8. The average molecular weight is 734 g/mol. The molecule has 8 rings (SSSR count). The summed E-state index contributed by atoms with van der Waals surface area (Å²) in [6.07, 6.45) is 9.98. The molecule has 0 bridgehead atoms. The molecule has 1 heteroatoms. The van der Waals surface area contributed by atoms with Crippen molar-refractivity contribution >= 4 is 15.3 Å². The summed E-state index contributed by atoms with van der Waals surface area (Å²) < 4.78 is 5.17. The summed E-state index contributed by atoms with van der Waals surface area (Å²) in [7, 11) is 0. The van der Waals surface area contributed by atoms with Crippen LogP contribution in [0.1, 0.15) is 131 Å². The van der Waals surface area contributed by atoms with E-state index in [9.17, 15) is 0 Å². The zero-order chi connectivity index (χ0) is 37.1. The molecular weight excluding hydrogens is 678 g/mol. The van der Waals surface area contributed by atoms with E-state index in [4.69, 9.17) is 0 Å². The van der Waals surface area contributed by atoms with Crippen molar-refractivity contribution in [2.45, 2.75) is 107 Å². The molecular formula is C51H56Zn. The van der Waals surface area contributed by atoms with Gasteiger partial charge in [0.25, 0.3) is 0 Å². The minimum atomic E-state index is -3.10. The Balaban J connectivity index is 1.41. The van der Waals surface area contributed by atoms with Gasteiger partial charge in [-0.25, -0.2) is 0 Å². The first-order valence-corrected chi connectivity index (χ1v) is 24.4. The molecule has 0 fully saturated rings. The van der Waals surface area contributed by atoms with Crippen LogP contribution in [0.2, 0.25) is 0 Å². The van der Waals surface area contributed by atoms with Crippen LogP contribution in [0, 0.1) is 25.2 Å². The molecule has 4 aliphatic carbocycles. The molecule has 4 aliphatic rings. The number of aryl methyl sites for hydroxylation is 2. The topological polar surface area (TPSA) is 0 Å². The molecule has 0 N–H and O–H groups in total. The molecule has 1 atom stereocenters. The number of fused-ring (bicyclic) bond motifs is 5. The van der Waals surface area contributed by atoms with Gasteiger partial charge in [-0.2, -0.15) is 0 Å². The fourth-order valence-corrected chi connectivity index (χ4v) is 22.5. The predicted octanol–water partition coefficient (Wildman–Crippen LogP) is 13.4. The monoisotopic (exact) mass is 732 g/mol. The van der Waals surface area contributed by atoms with Crippen molar-refractivity contribution in [1.29, 1.82) is 0 Å². The van der Waals surface area contributed by atoms with E-state index in [0.29, 0.717) is 5.92 Å². The summed E-state index contributed by atoms with van der Waals surface area (Å²) >= 11 is -3.10. The summed E-state index contributed by atoms with van der Waals surface area (Å²) in [6, 6.07) is 29.3. The van der Waals surface area contributed by atoms with Crippen LogP contribution in [0.25, 0.3) is 22.3 Å². The molecule has 0 amide bonds. The fourth-order valence-electron chi connectivity index (χ4n) is 10.7. The molecule has 1 unspecified atom stereocenters. The van der Waals surface area contributed by atoms with Crippen molar-refractivity contribution in [2.24, 2.45) is 11.3 Å². The van der Waals surface area contributed by atoms with Gasteiger partial charge in [-0.1, -0.05) is 0 Å². The van der Waals surface area contributed by atoms with Crippen molar-refractivity contribution in [2.75, 3.05) is 0 Å². The molecule has 0 aromatic heterocycles. The Labute approximate surface area is 318 Å². The Hall–Kier alpha value is -3.67. The molecule has 0 nitrogen and oxygen atoms in total. The standard InChI is InChI=1S/C25H25.C15H14.C11H17.Zn/c1-14-12-24(3,4)22-8-16-7-17-9-23-19(15(2)13-25(23,5)6)11-21(17)20(16)10-18(14)22;1-12-3-7-14(8-4-12)11-15-9-5-13(2)6-10-15;1-5-9-6-7-10(8-9)11(2,3)4;/h8-12H,7H2,1-6H3;3-10H,1-2H3;7-9H,5H2,1-4H3;. The van der Waals surface area contributed by atoms with Crippen LogP contribution >= 0.6 is 0 Å². The minimum absolute atomic E-state index is 0.0590. The molecule has 0 spiro atoms. The second-order valence-electron chi connectivity index (χ2n) is 18.9. The van der Waals surface area contributed by atoms with Crippen molar-refractivity contribution in [1.82, 2.24) is 0 Å². The number of hydrogen-bond acceptors (Lipinski definition) is 0. The van der Waals surface area contributed by atoms with Crippen LogP contribution in [0.3, 0.4) is 0 Å². The van der Waals surface area contributed by atoms with Crippen LogP contribution in [-0.2, 0) is 32.8 Å². The van der Waals surface area contributed by atoms with Gasteiger partial charge in [-0.15, -0.1) is 0 Å². The summed E-state index contributed by atoms with van der Waals surface area (Å²) in [5, 5.41) is 0. The second kappa shape index (κ2) is 12.2. The summed E-state index contributed by atoms with van der Waals surface area (Å²) in [4.78, 5) is 0. The Morgan fingerprint density at radius 2 is 1.25 bits per heavy atom. The number of rotatable bonds is 5. The van der Waals surface area contributed by atoms with E-state index < -0.39 is 15.5 Å². The van der Waals surface area contributed by atoms with Crippen LogP contribution in [0.15, 0.2) is 105 Å². The Morgan fingerprint density at radius 1 is 0.712 bits per heavy atom. The Bertz CT molecular complexity index is 2290. The molecule has 0 saturated heterocycles. The van der Waals surface area contributed by atoms with Gasteiger partial charge in [-0.3, -0.25) is 0 Å². The first-order chi connectivity index (χ1) is 24.5. The van der Waals surface area contributed by atoms with E-state index in [-0.39, 0.29) is 16.2 Å². The molecule has 0 saturated carbocycles. The summed E-state index contributed by atoms with van der Waals surface area (Å²) in [6.45, 7) is 28.7. The third-order valence-corrected chi connectivity index (χ3v) is 24.4. The van der Waals surface area contributed by atoms with E-state index >= 15 is 0 Å². The Kier molecular flexibility index (Phi) is 8.29. The number of allylic oxidation sites excluding steroid dienone is 8. The molecule has 0 radical (unpaired) electrons. The zero-order valence-electron chi connectivity index (χ0n) is 33.9. The first-order valence-electron chi connectivity index (χ1n) is 19.9. The van der Waals surface area contributed by atoms with Crippen LogP contribution in [0.5, 0.6) is 0 Å². The number of hydrogen-bond donors (Lipinski definition) is 0. The maximum absolute atomic E-state index is 3.10.